The molecule has 0 fully saturated rings. The molecule has 0 bridgehead atoms. The number of H-pyrrole nitrogens is 1. The number of likely N-dealkylation sites (N-methyl/N-ethyl adjacent to an activating group) is 1. The lowest BCUT2D eigenvalue weighted by atomic mass is 9.93. The summed E-state index contributed by atoms with van der Waals surface area (Å²) in [6.45, 7) is 4.37. The summed E-state index contributed by atoms with van der Waals surface area (Å²) in [4.78, 5) is 18.4. The quantitative estimate of drug-likeness (QED) is 0.770. The summed E-state index contributed by atoms with van der Waals surface area (Å²) in [6, 6.07) is 18.6. The Morgan fingerprint density at radius 1 is 1.16 bits per heavy atom. The van der Waals surface area contributed by atoms with Crippen LogP contribution >= 0.6 is 0 Å². The predicted octanol–water partition coefficient (Wildman–Crippen LogP) is 3.23. The monoisotopic (exact) mass is 333 g/mol. The smallest absolute Gasteiger partial charge is 0.238 e. The Kier molecular flexibility index (Phi) is 4.28. The minimum atomic E-state index is -0.0933. The number of nitrogens with one attached hydrogen (secondary N) is 2. The van der Waals surface area contributed by atoms with Crippen molar-refractivity contribution in [2.75, 3.05) is 6.54 Å². The number of amides is 1. The van der Waals surface area contributed by atoms with Crippen molar-refractivity contribution in [2.24, 2.45) is 0 Å². The molecule has 1 unspecified atom stereocenters. The zero-order valence-corrected chi connectivity index (χ0v) is 14.5. The van der Waals surface area contributed by atoms with Gasteiger partial charge in [-0.15, -0.1) is 0 Å². The van der Waals surface area contributed by atoms with Gasteiger partial charge < -0.3 is 10.3 Å². The number of para-hydroxylation sites is 1. The van der Waals surface area contributed by atoms with E-state index in [-0.39, 0.29) is 11.9 Å². The van der Waals surface area contributed by atoms with E-state index >= 15 is 0 Å². The van der Waals surface area contributed by atoms with E-state index in [4.69, 9.17) is 0 Å². The molecule has 4 nitrogen and oxygen atoms in total. The van der Waals surface area contributed by atoms with Crippen LogP contribution in [0.2, 0.25) is 0 Å². The van der Waals surface area contributed by atoms with E-state index in [0.717, 1.165) is 30.7 Å². The first-order chi connectivity index (χ1) is 12.2. The number of nitrogens with zero attached hydrogens (tertiary/aromatic N) is 1. The zero-order chi connectivity index (χ0) is 17.2. The lowest BCUT2D eigenvalue weighted by Gasteiger charge is -2.35. The second kappa shape index (κ2) is 6.73. The van der Waals surface area contributed by atoms with Crippen molar-refractivity contribution in [1.29, 1.82) is 0 Å². The van der Waals surface area contributed by atoms with Gasteiger partial charge in [0, 0.05) is 17.8 Å². The SMILES string of the molecule is CCN1Cc2ccccc2CC1C(=O)NCc1cc2ccccc2[nH]1. The van der Waals surface area contributed by atoms with Gasteiger partial charge in [-0.25, -0.2) is 0 Å². The van der Waals surface area contributed by atoms with Crippen molar-refractivity contribution in [3.8, 4) is 0 Å². The second-order valence-electron chi connectivity index (χ2n) is 6.65. The number of aromatic amines is 1. The standard InChI is InChI=1S/C21H23N3O/c1-2-24-14-17-9-4-3-7-15(17)12-20(24)21(25)22-13-18-11-16-8-5-6-10-19(16)23-18/h3-11,20,23H,2,12-14H2,1H3,(H,22,25). The number of carbonyl (C=O) groups is 1. The molecule has 4 heteroatoms. The third-order valence-corrected chi connectivity index (χ3v) is 5.09. The Hall–Kier alpha value is -2.59. The van der Waals surface area contributed by atoms with Crippen LogP contribution in [0.3, 0.4) is 0 Å². The third-order valence-electron chi connectivity index (χ3n) is 5.09. The molecule has 2 aromatic carbocycles. The van der Waals surface area contributed by atoms with Crippen LogP contribution in [-0.4, -0.2) is 28.4 Å². The van der Waals surface area contributed by atoms with Crippen LogP contribution in [0.4, 0.5) is 0 Å². The maximum Gasteiger partial charge on any atom is 0.238 e. The summed E-state index contributed by atoms with van der Waals surface area (Å²) < 4.78 is 0. The van der Waals surface area contributed by atoms with Gasteiger partial charge >= 0.3 is 0 Å². The lowest BCUT2D eigenvalue weighted by molar-refractivity contribution is -0.127. The average molecular weight is 333 g/mol. The van der Waals surface area contributed by atoms with Crippen LogP contribution in [0.5, 0.6) is 0 Å². The maximum atomic E-state index is 12.8. The second-order valence-corrected chi connectivity index (χ2v) is 6.65. The van der Waals surface area contributed by atoms with Gasteiger partial charge in [-0.2, -0.15) is 0 Å². The van der Waals surface area contributed by atoms with Crippen molar-refractivity contribution in [1.82, 2.24) is 15.2 Å². The van der Waals surface area contributed by atoms with Crippen molar-refractivity contribution >= 4 is 16.8 Å². The molecule has 128 valence electrons. The summed E-state index contributed by atoms with van der Waals surface area (Å²) in [7, 11) is 0. The molecule has 4 rings (SSSR count). The fourth-order valence-corrected chi connectivity index (χ4v) is 3.70. The first kappa shape index (κ1) is 15.9. The number of fused-ring (bicyclic) bond motifs is 2. The molecular formula is C21H23N3O. The summed E-state index contributed by atoms with van der Waals surface area (Å²) in [5.74, 6) is 0.106. The molecule has 0 aliphatic carbocycles. The van der Waals surface area contributed by atoms with Gasteiger partial charge in [0.15, 0.2) is 0 Å². The predicted molar refractivity (Wildman–Crippen MR) is 100 cm³/mol. The molecular weight excluding hydrogens is 310 g/mol. The van der Waals surface area contributed by atoms with E-state index in [1.54, 1.807) is 0 Å². The molecule has 25 heavy (non-hydrogen) atoms. The zero-order valence-electron chi connectivity index (χ0n) is 14.5. The summed E-state index contributed by atoms with van der Waals surface area (Å²) in [5.41, 5.74) is 4.77. The van der Waals surface area contributed by atoms with E-state index in [1.165, 1.54) is 16.5 Å². The Balaban J connectivity index is 1.46. The number of carbonyl (C=O) groups excluding carboxylic acids is 1. The van der Waals surface area contributed by atoms with E-state index in [2.05, 4.69) is 64.6 Å². The van der Waals surface area contributed by atoms with Gasteiger partial charge in [0.2, 0.25) is 5.91 Å². The Morgan fingerprint density at radius 3 is 2.72 bits per heavy atom. The first-order valence-electron chi connectivity index (χ1n) is 8.90. The molecule has 1 aliphatic heterocycles. The molecule has 1 atom stereocenters. The van der Waals surface area contributed by atoms with E-state index < -0.39 is 0 Å². The Morgan fingerprint density at radius 2 is 1.92 bits per heavy atom. The number of hydrogen-bond donors (Lipinski definition) is 2. The molecule has 2 N–H and O–H groups in total. The van der Waals surface area contributed by atoms with Gasteiger partial charge in [-0.05, 0) is 41.6 Å². The molecule has 0 saturated heterocycles. The highest BCUT2D eigenvalue weighted by Crippen LogP contribution is 2.23. The molecule has 1 aliphatic rings. The molecule has 0 saturated carbocycles. The normalized spacial score (nSPS) is 17.4. The van der Waals surface area contributed by atoms with Crippen molar-refractivity contribution < 1.29 is 4.79 Å². The topological polar surface area (TPSA) is 48.1 Å². The summed E-state index contributed by atoms with van der Waals surface area (Å²) in [5, 5.41) is 4.29. The van der Waals surface area contributed by atoms with Crippen molar-refractivity contribution in [3.63, 3.8) is 0 Å². The molecule has 0 radical (unpaired) electrons. The van der Waals surface area contributed by atoms with E-state index in [9.17, 15) is 4.79 Å². The minimum Gasteiger partial charge on any atom is -0.357 e. The van der Waals surface area contributed by atoms with Crippen molar-refractivity contribution in [2.45, 2.75) is 32.5 Å². The van der Waals surface area contributed by atoms with Crippen LogP contribution in [-0.2, 0) is 24.3 Å². The van der Waals surface area contributed by atoms with Gasteiger partial charge in [0.1, 0.15) is 0 Å². The molecule has 1 amide bonds. The molecule has 3 aromatic rings. The highest BCUT2D eigenvalue weighted by atomic mass is 16.2. The average Bonchev–Trinajstić information content (AvgIpc) is 3.08. The van der Waals surface area contributed by atoms with Crippen LogP contribution in [0.15, 0.2) is 54.6 Å². The summed E-state index contributed by atoms with van der Waals surface area (Å²) in [6.07, 6.45) is 0.780. The summed E-state index contributed by atoms with van der Waals surface area (Å²) >= 11 is 0. The number of rotatable bonds is 4. The van der Waals surface area contributed by atoms with Gasteiger partial charge in [0.25, 0.3) is 0 Å². The van der Waals surface area contributed by atoms with E-state index in [1.807, 2.05) is 12.1 Å². The van der Waals surface area contributed by atoms with E-state index in [0.29, 0.717) is 6.54 Å². The van der Waals surface area contributed by atoms with Crippen molar-refractivity contribution in [3.05, 3.63) is 71.4 Å². The highest BCUT2D eigenvalue weighted by Gasteiger charge is 2.30. The molecule has 2 heterocycles. The molecule has 1 aromatic heterocycles. The fraction of sp³-hybridized carbons (Fsp3) is 0.286. The largest absolute Gasteiger partial charge is 0.357 e. The highest BCUT2D eigenvalue weighted by molar-refractivity contribution is 5.83. The van der Waals surface area contributed by atoms with Crippen LogP contribution in [0.25, 0.3) is 10.9 Å². The Bertz CT molecular complexity index is 866. The molecule has 0 spiro atoms. The number of hydrogen-bond acceptors (Lipinski definition) is 2. The van der Waals surface area contributed by atoms with Crippen LogP contribution < -0.4 is 5.32 Å². The lowest BCUT2D eigenvalue weighted by Crippen LogP contribution is -2.49. The van der Waals surface area contributed by atoms with Gasteiger partial charge in [-0.3, -0.25) is 9.69 Å². The fourth-order valence-electron chi connectivity index (χ4n) is 3.70. The Labute approximate surface area is 147 Å². The van der Waals surface area contributed by atoms with Gasteiger partial charge in [0.05, 0.1) is 12.6 Å². The van der Waals surface area contributed by atoms with Crippen LogP contribution in [0.1, 0.15) is 23.7 Å². The minimum absolute atomic E-state index is 0.0933. The first-order valence-corrected chi connectivity index (χ1v) is 8.90. The van der Waals surface area contributed by atoms with Crippen LogP contribution in [0, 0.1) is 0 Å². The number of aromatic nitrogens is 1. The van der Waals surface area contributed by atoms with Gasteiger partial charge in [-0.1, -0.05) is 49.4 Å². The maximum absolute atomic E-state index is 12.8. The third kappa shape index (κ3) is 3.17. The number of benzene rings is 2.